The highest BCUT2D eigenvalue weighted by Gasteiger charge is 2.17. The third-order valence-electron chi connectivity index (χ3n) is 4.91. The standard InChI is InChI=1S/C24H16ClN3O3/c1-30-20-7-4-8-21-18(20)13-22(31-21)23-27-19-6-3-2-5-17(19)24(29)28(23)26-14-15-9-11-16(25)12-10-15/h2-14H,1H3. The summed E-state index contributed by atoms with van der Waals surface area (Å²) in [4.78, 5) is 17.9. The quantitative estimate of drug-likeness (QED) is 0.361. The van der Waals surface area contributed by atoms with Gasteiger partial charge in [0.1, 0.15) is 11.3 Å². The highest BCUT2D eigenvalue weighted by atomic mass is 35.5. The Morgan fingerprint density at radius 2 is 1.84 bits per heavy atom. The van der Waals surface area contributed by atoms with Crippen LogP contribution in [0.15, 0.2) is 87.1 Å². The summed E-state index contributed by atoms with van der Waals surface area (Å²) in [6.07, 6.45) is 1.58. The molecule has 152 valence electrons. The molecule has 5 rings (SSSR count). The van der Waals surface area contributed by atoms with E-state index < -0.39 is 0 Å². The molecule has 0 bridgehead atoms. The van der Waals surface area contributed by atoms with Crippen molar-refractivity contribution in [3.8, 4) is 17.3 Å². The van der Waals surface area contributed by atoms with Crippen LogP contribution < -0.4 is 10.3 Å². The van der Waals surface area contributed by atoms with Crippen LogP contribution in [0.1, 0.15) is 5.56 Å². The van der Waals surface area contributed by atoms with E-state index in [1.807, 2.05) is 36.4 Å². The molecule has 31 heavy (non-hydrogen) atoms. The number of para-hydroxylation sites is 1. The Morgan fingerprint density at radius 1 is 1.03 bits per heavy atom. The first-order valence-electron chi connectivity index (χ1n) is 9.53. The van der Waals surface area contributed by atoms with Gasteiger partial charge in [0.05, 0.1) is 29.6 Å². The molecule has 0 spiro atoms. The van der Waals surface area contributed by atoms with Crippen LogP contribution in [0.25, 0.3) is 33.5 Å². The lowest BCUT2D eigenvalue weighted by Gasteiger charge is -2.07. The molecule has 6 nitrogen and oxygen atoms in total. The van der Waals surface area contributed by atoms with Crippen LogP contribution in [0.3, 0.4) is 0 Å². The van der Waals surface area contributed by atoms with Crippen molar-refractivity contribution in [2.75, 3.05) is 7.11 Å². The van der Waals surface area contributed by atoms with Gasteiger partial charge in [0.2, 0.25) is 5.82 Å². The van der Waals surface area contributed by atoms with Crippen LogP contribution in [0, 0.1) is 0 Å². The molecular weight excluding hydrogens is 414 g/mol. The van der Waals surface area contributed by atoms with Crippen LogP contribution in [0.2, 0.25) is 5.02 Å². The van der Waals surface area contributed by atoms with Crippen LogP contribution >= 0.6 is 11.6 Å². The van der Waals surface area contributed by atoms with Crippen molar-refractivity contribution in [2.45, 2.75) is 0 Å². The molecule has 2 aromatic heterocycles. The number of hydrogen-bond donors (Lipinski definition) is 0. The molecule has 0 unspecified atom stereocenters. The molecule has 5 aromatic rings. The van der Waals surface area contributed by atoms with Gasteiger partial charge in [0, 0.05) is 5.02 Å². The fraction of sp³-hybridized carbons (Fsp3) is 0.0417. The molecule has 0 fully saturated rings. The number of furan rings is 1. The third-order valence-corrected chi connectivity index (χ3v) is 5.16. The van der Waals surface area contributed by atoms with Crippen molar-refractivity contribution in [1.82, 2.24) is 9.66 Å². The van der Waals surface area contributed by atoms with Gasteiger partial charge in [-0.1, -0.05) is 41.9 Å². The molecule has 0 atom stereocenters. The van der Waals surface area contributed by atoms with E-state index in [0.717, 1.165) is 10.9 Å². The molecular formula is C24H16ClN3O3. The van der Waals surface area contributed by atoms with Gasteiger partial charge < -0.3 is 9.15 Å². The van der Waals surface area contributed by atoms with E-state index in [0.29, 0.717) is 38.8 Å². The first-order chi connectivity index (χ1) is 15.1. The Balaban J connectivity index is 1.74. The average Bonchev–Trinajstić information content (AvgIpc) is 3.24. The maximum atomic E-state index is 13.3. The summed E-state index contributed by atoms with van der Waals surface area (Å²) in [6.45, 7) is 0. The third kappa shape index (κ3) is 3.47. The largest absolute Gasteiger partial charge is 0.496 e. The molecule has 2 heterocycles. The van der Waals surface area contributed by atoms with Crippen molar-refractivity contribution in [1.29, 1.82) is 0 Å². The number of rotatable bonds is 4. The number of aromatic nitrogens is 2. The number of ether oxygens (including phenoxy) is 1. The van der Waals surface area contributed by atoms with E-state index in [1.54, 1.807) is 49.7 Å². The number of methoxy groups -OCH3 is 1. The van der Waals surface area contributed by atoms with Gasteiger partial charge in [-0.2, -0.15) is 9.78 Å². The summed E-state index contributed by atoms with van der Waals surface area (Å²) in [5.41, 5.74) is 1.69. The number of hydrogen-bond acceptors (Lipinski definition) is 5. The van der Waals surface area contributed by atoms with Gasteiger partial charge in [-0.05, 0) is 48.0 Å². The van der Waals surface area contributed by atoms with E-state index in [9.17, 15) is 4.79 Å². The minimum absolute atomic E-state index is 0.293. The van der Waals surface area contributed by atoms with Crippen LogP contribution in [-0.4, -0.2) is 23.0 Å². The summed E-state index contributed by atoms with van der Waals surface area (Å²) >= 11 is 5.96. The zero-order valence-corrected chi connectivity index (χ0v) is 17.2. The number of nitrogens with zero attached hydrogens (tertiary/aromatic N) is 3. The molecule has 0 aliphatic heterocycles. The monoisotopic (exact) mass is 429 g/mol. The lowest BCUT2D eigenvalue weighted by atomic mass is 10.2. The summed E-state index contributed by atoms with van der Waals surface area (Å²) < 4.78 is 12.7. The van der Waals surface area contributed by atoms with E-state index in [2.05, 4.69) is 10.1 Å². The van der Waals surface area contributed by atoms with Gasteiger partial charge in [0.15, 0.2) is 5.76 Å². The molecule has 0 N–H and O–H groups in total. The molecule has 0 aliphatic rings. The molecule has 0 radical (unpaired) electrons. The van der Waals surface area contributed by atoms with Crippen molar-refractivity contribution >= 4 is 39.7 Å². The Labute approximate surface area is 182 Å². The zero-order chi connectivity index (χ0) is 21.4. The Bertz CT molecular complexity index is 1500. The molecule has 3 aromatic carbocycles. The smallest absolute Gasteiger partial charge is 0.282 e. The Morgan fingerprint density at radius 3 is 2.65 bits per heavy atom. The fourth-order valence-corrected chi connectivity index (χ4v) is 3.51. The summed E-state index contributed by atoms with van der Waals surface area (Å²) in [6, 6.07) is 21.6. The second kappa shape index (κ2) is 7.74. The summed E-state index contributed by atoms with van der Waals surface area (Å²) in [7, 11) is 1.60. The molecule has 7 heteroatoms. The second-order valence-electron chi connectivity index (χ2n) is 6.85. The maximum Gasteiger partial charge on any atom is 0.282 e. The molecule has 0 amide bonds. The topological polar surface area (TPSA) is 69.6 Å². The van der Waals surface area contributed by atoms with E-state index >= 15 is 0 Å². The number of benzene rings is 3. The highest BCUT2D eigenvalue weighted by molar-refractivity contribution is 6.30. The van der Waals surface area contributed by atoms with Crippen molar-refractivity contribution in [3.63, 3.8) is 0 Å². The first kappa shape index (κ1) is 19.1. The van der Waals surface area contributed by atoms with Gasteiger partial charge in [-0.3, -0.25) is 4.79 Å². The summed E-state index contributed by atoms with van der Waals surface area (Å²) in [5.74, 6) is 1.38. The fourth-order valence-electron chi connectivity index (χ4n) is 3.39. The number of fused-ring (bicyclic) bond motifs is 2. The SMILES string of the molecule is COc1cccc2oc(-c3nc4ccccc4c(=O)n3N=Cc3ccc(Cl)cc3)cc12. The number of halogens is 1. The van der Waals surface area contributed by atoms with E-state index in [-0.39, 0.29) is 5.56 Å². The Hall–Kier alpha value is -3.90. The minimum atomic E-state index is -0.293. The Kier molecular flexibility index (Phi) is 4.76. The van der Waals surface area contributed by atoms with Crippen LogP contribution in [0.5, 0.6) is 5.75 Å². The van der Waals surface area contributed by atoms with Crippen molar-refractivity contribution < 1.29 is 9.15 Å². The maximum absolute atomic E-state index is 13.3. The lowest BCUT2D eigenvalue weighted by molar-refractivity contribution is 0.419. The zero-order valence-electron chi connectivity index (χ0n) is 16.4. The van der Waals surface area contributed by atoms with Crippen LogP contribution in [-0.2, 0) is 0 Å². The van der Waals surface area contributed by atoms with Gasteiger partial charge in [-0.25, -0.2) is 4.98 Å². The van der Waals surface area contributed by atoms with Gasteiger partial charge >= 0.3 is 0 Å². The highest BCUT2D eigenvalue weighted by Crippen LogP contribution is 2.32. The normalized spacial score (nSPS) is 11.5. The predicted molar refractivity (Wildman–Crippen MR) is 122 cm³/mol. The van der Waals surface area contributed by atoms with Gasteiger partial charge in [-0.15, -0.1) is 0 Å². The average molecular weight is 430 g/mol. The van der Waals surface area contributed by atoms with E-state index in [1.165, 1.54) is 4.68 Å². The van der Waals surface area contributed by atoms with Crippen molar-refractivity contribution in [2.24, 2.45) is 5.10 Å². The second-order valence-corrected chi connectivity index (χ2v) is 7.28. The predicted octanol–water partition coefficient (Wildman–Crippen LogP) is 5.35. The molecule has 0 saturated heterocycles. The lowest BCUT2D eigenvalue weighted by Crippen LogP contribution is -2.20. The molecule has 0 saturated carbocycles. The van der Waals surface area contributed by atoms with Crippen LogP contribution in [0.4, 0.5) is 0 Å². The minimum Gasteiger partial charge on any atom is -0.496 e. The summed E-state index contributed by atoms with van der Waals surface area (Å²) in [5, 5.41) is 6.30. The molecule has 0 aliphatic carbocycles. The first-order valence-corrected chi connectivity index (χ1v) is 9.90. The van der Waals surface area contributed by atoms with Crippen molar-refractivity contribution in [3.05, 3.63) is 93.7 Å². The van der Waals surface area contributed by atoms with Gasteiger partial charge in [0.25, 0.3) is 5.56 Å². The van der Waals surface area contributed by atoms with E-state index in [4.69, 9.17) is 20.8 Å².